The van der Waals surface area contributed by atoms with Crippen molar-refractivity contribution in [2.45, 2.75) is 13.8 Å². The Morgan fingerprint density at radius 2 is 1.96 bits per heavy atom. The predicted molar refractivity (Wildman–Crippen MR) is 93.7 cm³/mol. The number of nitrogens with zero attached hydrogens (tertiary/aromatic N) is 4. The first-order valence-electron chi connectivity index (χ1n) is 7.95. The van der Waals surface area contributed by atoms with Crippen molar-refractivity contribution in [2.24, 2.45) is 0 Å². The van der Waals surface area contributed by atoms with Crippen LogP contribution < -0.4 is 4.90 Å². The van der Waals surface area contributed by atoms with E-state index in [-0.39, 0.29) is 5.91 Å². The second kappa shape index (κ2) is 5.90. The lowest BCUT2D eigenvalue weighted by atomic mass is 10.2. The van der Waals surface area contributed by atoms with Crippen molar-refractivity contribution in [3.8, 4) is 0 Å². The van der Waals surface area contributed by atoms with E-state index < -0.39 is 0 Å². The molecule has 0 aliphatic carbocycles. The topological polar surface area (TPSA) is 62.5 Å². The Morgan fingerprint density at radius 1 is 1.17 bits per heavy atom. The summed E-state index contributed by atoms with van der Waals surface area (Å²) >= 11 is 1.71. The molecule has 0 spiro atoms. The highest BCUT2D eigenvalue weighted by Gasteiger charge is 2.25. The SMILES string of the molecule is Cc1ccc2nc(N3CCN(C(=O)c4cc(C)on4)CC3)sc2c1. The summed E-state index contributed by atoms with van der Waals surface area (Å²) in [5, 5.41) is 4.84. The zero-order valence-corrected chi connectivity index (χ0v) is 14.5. The number of benzene rings is 1. The zero-order chi connectivity index (χ0) is 16.7. The van der Waals surface area contributed by atoms with Crippen molar-refractivity contribution in [3.05, 3.63) is 41.3 Å². The molecule has 0 saturated carbocycles. The van der Waals surface area contributed by atoms with Gasteiger partial charge in [-0.2, -0.15) is 0 Å². The van der Waals surface area contributed by atoms with Gasteiger partial charge in [0.25, 0.3) is 5.91 Å². The number of hydrogen-bond acceptors (Lipinski definition) is 6. The molecule has 124 valence electrons. The Balaban J connectivity index is 1.46. The summed E-state index contributed by atoms with van der Waals surface area (Å²) in [4.78, 5) is 21.2. The molecule has 2 aromatic heterocycles. The molecule has 0 atom stereocenters. The lowest BCUT2D eigenvalue weighted by Crippen LogP contribution is -2.48. The fraction of sp³-hybridized carbons (Fsp3) is 0.353. The number of aryl methyl sites for hydroxylation is 2. The highest BCUT2D eigenvalue weighted by molar-refractivity contribution is 7.22. The van der Waals surface area contributed by atoms with Crippen LogP contribution in [0.25, 0.3) is 10.2 Å². The minimum Gasteiger partial charge on any atom is -0.361 e. The van der Waals surface area contributed by atoms with E-state index in [9.17, 15) is 4.79 Å². The van der Waals surface area contributed by atoms with Crippen LogP contribution in [0, 0.1) is 13.8 Å². The largest absolute Gasteiger partial charge is 0.361 e. The number of carbonyl (C=O) groups is 1. The van der Waals surface area contributed by atoms with Crippen LogP contribution in [0.5, 0.6) is 0 Å². The second-order valence-corrected chi connectivity index (χ2v) is 7.08. The third kappa shape index (κ3) is 2.75. The normalized spacial score (nSPS) is 15.2. The van der Waals surface area contributed by atoms with Gasteiger partial charge in [0, 0.05) is 32.2 Å². The standard InChI is InChI=1S/C17H18N4O2S/c1-11-3-4-13-15(9-11)24-17(18-13)21-7-5-20(6-8-21)16(22)14-10-12(2)23-19-14/h3-4,9-10H,5-8H2,1-2H3. The monoisotopic (exact) mass is 342 g/mol. The Labute approximate surface area is 143 Å². The van der Waals surface area contributed by atoms with Gasteiger partial charge in [-0.3, -0.25) is 4.79 Å². The number of piperazine rings is 1. The van der Waals surface area contributed by atoms with E-state index in [1.807, 2.05) is 4.90 Å². The number of thiazole rings is 1. The van der Waals surface area contributed by atoms with Crippen LogP contribution in [-0.4, -0.2) is 47.1 Å². The summed E-state index contributed by atoms with van der Waals surface area (Å²) in [6.07, 6.45) is 0. The van der Waals surface area contributed by atoms with E-state index in [0.29, 0.717) is 24.5 Å². The van der Waals surface area contributed by atoms with E-state index in [4.69, 9.17) is 9.51 Å². The highest BCUT2D eigenvalue weighted by Crippen LogP contribution is 2.30. The third-order valence-electron chi connectivity index (χ3n) is 4.22. The number of fused-ring (bicyclic) bond motifs is 1. The van der Waals surface area contributed by atoms with Gasteiger partial charge in [-0.1, -0.05) is 22.6 Å². The number of anilines is 1. The smallest absolute Gasteiger partial charge is 0.276 e. The van der Waals surface area contributed by atoms with Gasteiger partial charge in [0.15, 0.2) is 10.8 Å². The predicted octanol–water partition coefficient (Wildman–Crippen LogP) is 2.86. The van der Waals surface area contributed by atoms with Crippen molar-refractivity contribution in [3.63, 3.8) is 0 Å². The minimum atomic E-state index is -0.0635. The minimum absolute atomic E-state index is 0.0635. The first-order valence-corrected chi connectivity index (χ1v) is 8.76. The second-order valence-electron chi connectivity index (χ2n) is 6.07. The summed E-state index contributed by atoms with van der Waals surface area (Å²) < 4.78 is 6.20. The van der Waals surface area contributed by atoms with Gasteiger partial charge in [-0.15, -0.1) is 0 Å². The number of amides is 1. The third-order valence-corrected chi connectivity index (χ3v) is 5.30. The quantitative estimate of drug-likeness (QED) is 0.717. The molecule has 24 heavy (non-hydrogen) atoms. The van der Waals surface area contributed by atoms with Gasteiger partial charge in [-0.25, -0.2) is 4.98 Å². The molecule has 1 aliphatic rings. The van der Waals surface area contributed by atoms with Gasteiger partial charge >= 0.3 is 0 Å². The van der Waals surface area contributed by atoms with Crippen LogP contribution in [0.3, 0.4) is 0 Å². The summed E-state index contributed by atoms with van der Waals surface area (Å²) in [5.41, 5.74) is 2.67. The molecule has 1 amide bonds. The molecule has 0 N–H and O–H groups in total. The van der Waals surface area contributed by atoms with Crippen molar-refractivity contribution < 1.29 is 9.32 Å². The maximum Gasteiger partial charge on any atom is 0.276 e. The zero-order valence-electron chi connectivity index (χ0n) is 13.7. The Bertz CT molecular complexity index is 893. The number of carbonyl (C=O) groups excluding carboxylic acids is 1. The van der Waals surface area contributed by atoms with Gasteiger partial charge in [0.05, 0.1) is 10.2 Å². The summed E-state index contributed by atoms with van der Waals surface area (Å²) in [6, 6.07) is 8.01. The van der Waals surface area contributed by atoms with Crippen LogP contribution in [0.1, 0.15) is 21.8 Å². The molecule has 0 bridgehead atoms. The molecule has 1 saturated heterocycles. The molecule has 0 unspecified atom stereocenters. The van der Waals surface area contributed by atoms with Crippen molar-refractivity contribution in [1.82, 2.24) is 15.0 Å². The van der Waals surface area contributed by atoms with E-state index in [0.717, 1.165) is 23.7 Å². The Morgan fingerprint density at radius 3 is 2.67 bits per heavy atom. The molecule has 1 aromatic carbocycles. The number of rotatable bonds is 2. The van der Waals surface area contributed by atoms with E-state index in [1.54, 1.807) is 24.3 Å². The number of hydrogen-bond donors (Lipinski definition) is 0. The first-order chi connectivity index (χ1) is 11.6. The summed E-state index contributed by atoms with van der Waals surface area (Å²) in [7, 11) is 0. The molecule has 1 fully saturated rings. The molecule has 1 aliphatic heterocycles. The van der Waals surface area contributed by atoms with Gasteiger partial charge in [0.2, 0.25) is 0 Å². The average molecular weight is 342 g/mol. The van der Waals surface area contributed by atoms with Crippen LogP contribution >= 0.6 is 11.3 Å². The van der Waals surface area contributed by atoms with Gasteiger partial charge < -0.3 is 14.3 Å². The van der Waals surface area contributed by atoms with Crippen LogP contribution in [0.2, 0.25) is 0 Å². The summed E-state index contributed by atoms with van der Waals surface area (Å²) in [6.45, 7) is 6.77. The van der Waals surface area contributed by atoms with Gasteiger partial charge in [0.1, 0.15) is 5.76 Å². The molecule has 3 heterocycles. The highest BCUT2D eigenvalue weighted by atomic mass is 32.1. The van der Waals surface area contributed by atoms with E-state index in [1.165, 1.54) is 10.3 Å². The van der Waals surface area contributed by atoms with E-state index >= 15 is 0 Å². The van der Waals surface area contributed by atoms with Crippen molar-refractivity contribution in [1.29, 1.82) is 0 Å². The lowest BCUT2D eigenvalue weighted by Gasteiger charge is -2.34. The maximum absolute atomic E-state index is 12.4. The molecular weight excluding hydrogens is 324 g/mol. The molecule has 4 rings (SSSR count). The molecule has 7 heteroatoms. The number of aromatic nitrogens is 2. The van der Waals surface area contributed by atoms with E-state index in [2.05, 4.69) is 35.2 Å². The average Bonchev–Trinajstić information content (AvgIpc) is 3.20. The van der Waals surface area contributed by atoms with Crippen LogP contribution in [0.15, 0.2) is 28.8 Å². The van der Waals surface area contributed by atoms with Crippen molar-refractivity contribution >= 4 is 32.6 Å². The first kappa shape index (κ1) is 15.1. The maximum atomic E-state index is 12.4. The summed E-state index contributed by atoms with van der Waals surface area (Å²) in [5.74, 6) is 0.591. The van der Waals surface area contributed by atoms with Crippen molar-refractivity contribution in [2.75, 3.05) is 31.1 Å². The molecule has 0 radical (unpaired) electrons. The fourth-order valence-electron chi connectivity index (χ4n) is 2.88. The molecular formula is C17H18N4O2S. The van der Waals surface area contributed by atoms with Crippen LogP contribution in [-0.2, 0) is 0 Å². The Hall–Kier alpha value is -2.41. The Kier molecular flexibility index (Phi) is 3.72. The van der Waals surface area contributed by atoms with Gasteiger partial charge in [-0.05, 0) is 31.5 Å². The lowest BCUT2D eigenvalue weighted by molar-refractivity contribution is 0.0736. The molecule has 6 nitrogen and oxygen atoms in total. The van der Waals surface area contributed by atoms with Crippen LogP contribution in [0.4, 0.5) is 5.13 Å². The fourth-order valence-corrected chi connectivity index (χ4v) is 4.00. The molecule has 3 aromatic rings.